The number of carbonyl (C=O) groups is 1. The Morgan fingerprint density at radius 3 is 3.00 bits per heavy atom. The highest BCUT2D eigenvalue weighted by Crippen LogP contribution is 2.29. The summed E-state index contributed by atoms with van der Waals surface area (Å²) in [5.74, 6) is 2.33. The van der Waals surface area contributed by atoms with Crippen LogP contribution in [0.2, 0.25) is 0 Å². The van der Waals surface area contributed by atoms with E-state index >= 15 is 0 Å². The number of nitrogens with one attached hydrogen (secondary N) is 2. The molecule has 90 valence electrons. The van der Waals surface area contributed by atoms with Gasteiger partial charge in [0.2, 0.25) is 0 Å². The maximum absolute atomic E-state index is 11.7. The monoisotopic (exact) mass is 250 g/mol. The number of aromatic nitrogens is 1. The first-order valence-corrected chi connectivity index (χ1v) is 6.27. The molecular formula is C11H14N4OS. The Labute approximate surface area is 104 Å². The summed E-state index contributed by atoms with van der Waals surface area (Å²) in [6, 6.07) is 0.474. The second kappa shape index (κ2) is 5.06. The molecule has 1 heterocycles. The molecule has 1 aromatic heterocycles. The Bertz CT molecular complexity index is 459. The number of nitrogens with zero attached hydrogens (tertiary/aromatic N) is 1. The average molecular weight is 250 g/mol. The van der Waals surface area contributed by atoms with Crippen molar-refractivity contribution < 1.29 is 4.79 Å². The molecule has 1 aliphatic carbocycles. The van der Waals surface area contributed by atoms with Gasteiger partial charge in [-0.1, -0.05) is 17.3 Å². The molecule has 0 saturated heterocycles. The first-order valence-electron chi connectivity index (χ1n) is 5.45. The van der Waals surface area contributed by atoms with E-state index in [9.17, 15) is 4.79 Å². The lowest BCUT2D eigenvalue weighted by Gasteiger charge is -2.25. The predicted octanol–water partition coefficient (Wildman–Crippen LogP) is 1.05. The van der Waals surface area contributed by atoms with E-state index in [4.69, 9.17) is 12.2 Å². The summed E-state index contributed by atoms with van der Waals surface area (Å²) < 4.78 is 0. The molecule has 2 rings (SSSR count). The zero-order valence-corrected chi connectivity index (χ0v) is 10.1. The van der Waals surface area contributed by atoms with Crippen LogP contribution in [0.5, 0.6) is 0 Å². The second-order valence-corrected chi connectivity index (χ2v) is 4.89. The Hall–Kier alpha value is -1.74. The zero-order chi connectivity index (χ0) is 12.3. The number of nitrogen functional groups attached to an aromatic ring is 1. The summed E-state index contributed by atoms with van der Waals surface area (Å²) in [4.78, 5) is 16.2. The topological polar surface area (TPSA) is 80.0 Å². The van der Waals surface area contributed by atoms with Crippen molar-refractivity contribution in [2.45, 2.75) is 25.3 Å². The molecule has 0 spiro atoms. The van der Waals surface area contributed by atoms with E-state index in [1.54, 1.807) is 0 Å². The molecule has 0 radical (unpaired) electrons. The largest absolute Gasteiger partial charge is 0.382 e. The van der Waals surface area contributed by atoms with E-state index in [1.165, 1.54) is 17.8 Å². The van der Waals surface area contributed by atoms with Gasteiger partial charge in [-0.2, -0.15) is 0 Å². The van der Waals surface area contributed by atoms with Gasteiger partial charge < -0.3 is 16.4 Å². The fraction of sp³-hybridized carbons (Fsp3) is 0.455. The van der Waals surface area contributed by atoms with Gasteiger partial charge >= 0.3 is 0 Å². The number of amides is 1. The van der Waals surface area contributed by atoms with Crippen molar-refractivity contribution in [2.75, 3.05) is 17.6 Å². The highest BCUT2D eigenvalue weighted by molar-refractivity contribution is 7.18. The van der Waals surface area contributed by atoms with Crippen LogP contribution in [-0.4, -0.2) is 23.5 Å². The third kappa shape index (κ3) is 2.68. The van der Waals surface area contributed by atoms with Crippen LogP contribution in [0, 0.1) is 12.3 Å². The predicted molar refractivity (Wildman–Crippen MR) is 69.0 cm³/mol. The highest BCUT2D eigenvalue weighted by atomic mass is 32.1. The first kappa shape index (κ1) is 11.7. The third-order valence-electron chi connectivity index (χ3n) is 2.64. The van der Waals surface area contributed by atoms with Gasteiger partial charge in [0.15, 0.2) is 5.13 Å². The number of rotatable bonds is 4. The van der Waals surface area contributed by atoms with Crippen LogP contribution in [0.1, 0.15) is 28.9 Å². The molecule has 0 unspecified atom stereocenters. The van der Waals surface area contributed by atoms with Crippen LogP contribution in [0.15, 0.2) is 0 Å². The average Bonchev–Trinajstić information content (AvgIpc) is 2.62. The highest BCUT2D eigenvalue weighted by Gasteiger charge is 2.21. The van der Waals surface area contributed by atoms with E-state index in [1.807, 2.05) is 0 Å². The van der Waals surface area contributed by atoms with Gasteiger partial charge in [0.25, 0.3) is 5.91 Å². The number of anilines is 2. The Morgan fingerprint density at radius 2 is 2.41 bits per heavy atom. The zero-order valence-electron chi connectivity index (χ0n) is 9.32. The smallest absolute Gasteiger partial charge is 0.266 e. The fourth-order valence-electron chi connectivity index (χ4n) is 1.50. The van der Waals surface area contributed by atoms with E-state index in [0.29, 0.717) is 16.1 Å². The second-order valence-electron chi connectivity index (χ2n) is 3.89. The van der Waals surface area contributed by atoms with Gasteiger partial charge in [-0.25, -0.2) is 4.98 Å². The van der Waals surface area contributed by atoms with Crippen molar-refractivity contribution in [3.63, 3.8) is 0 Å². The van der Waals surface area contributed by atoms with Gasteiger partial charge in [0.1, 0.15) is 10.7 Å². The molecule has 1 saturated carbocycles. The molecule has 1 aliphatic rings. The Morgan fingerprint density at radius 1 is 1.65 bits per heavy atom. The minimum absolute atomic E-state index is 0.196. The standard InChI is InChI=1S/C11H14N4OS/c1-2-6-13-10(16)8-9(12)15-11(17-8)14-7-4-3-5-7/h1,7H,3-6,12H2,(H,13,16)(H,14,15). The number of hydrogen-bond donors (Lipinski definition) is 3. The molecule has 5 nitrogen and oxygen atoms in total. The van der Waals surface area contributed by atoms with Crippen LogP contribution in [0.4, 0.5) is 10.9 Å². The van der Waals surface area contributed by atoms with Crippen molar-refractivity contribution in [2.24, 2.45) is 0 Å². The van der Waals surface area contributed by atoms with Gasteiger partial charge in [0.05, 0.1) is 6.54 Å². The minimum Gasteiger partial charge on any atom is -0.382 e. The van der Waals surface area contributed by atoms with E-state index in [0.717, 1.165) is 12.8 Å². The fourth-order valence-corrected chi connectivity index (χ4v) is 2.37. The number of carbonyl (C=O) groups excluding carboxylic acids is 1. The van der Waals surface area contributed by atoms with Crippen molar-refractivity contribution in [1.82, 2.24) is 10.3 Å². The minimum atomic E-state index is -0.264. The van der Waals surface area contributed by atoms with Crippen LogP contribution >= 0.6 is 11.3 Å². The summed E-state index contributed by atoms with van der Waals surface area (Å²) in [7, 11) is 0. The Balaban J connectivity index is 2.02. The SMILES string of the molecule is C#CCNC(=O)c1sc(NC2CCC2)nc1N. The normalized spacial score (nSPS) is 14.8. The molecular weight excluding hydrogens is 236 g/mol. The summed E-state index contributed by atoms with van der Waals surface area (Å²) in [6.45, 7) is 0.196. The number of hydrogen-bond acceptors (Lipinski definition) is 5. The van der Waals surface area contributed by atoms with E-state index < -0.39 is 0 Å². The number of thiazole rings is 1. The molecule has 0 bridgehead atoms. The number of terminal acetylenes is 1. The van der Waals surface area contributed by atoms with Crippen molar-refractivity contribution in [3.05, 3.63) is 4.88 Å². The number of nitrogens with two attached hydrogens (primary N) is 1. The maximum atomic E-state index is 11.7. The van der Waals surface area contributed by atoms with Gasteiger partial charge in [-0.3, -0.25) is 4.79 Å². The maximum Gasteiger partial charge on any atom is 0.266 e. The van der Waals surface area contributed by atoms with E-state index in [2.05, 4.69) is 21.5 Å². The molecule has 0 aliphatic heterocycles. The van der Waals surface area contributed by atoms with Crippen LogP contribution in [-0.2, 0) is 0 Å². The van der Waals surface area contributed by atoms with Gasteiger partial charge in [-0.05, 0) is 19.3 Å². The first-order chi connectivity index (χ1) is 8.20. The van der Waals surface area contributed by atoms with Crippen molar-refractivity contribution in [3.8, 4) is 12.3 Å². The van der Waals surface area contributed by atoms with Gasteiger partial charge in [0, 0.05) is 6.04 Å². The molecule has 4 N–H and O–H groups in total. The summed E-state index contributed by atoms with van der Waals surface area (Å²) >= 11 is 1.27. The summed E-state index contributed by atoms with van der Waals surface area (Å²) in [5, 5.41) is 6.54. The lowest BCUT2D eigenvalue weighted by molar-refractivity contribution is 0.0963. The van der Waals surface area contributed by atoms with Crippen molar-refractivity contribution >= 4 is 28.2 Å². The quantitative estimate of drug-likeness (QED) is 0.698. The van der Waals surface area contributed by atoms with E-state index in [-0.39, 0.29) is 18.3 Å². The van der Waals surface area contributed by atoms with Gasteiger partial charge in [-0.15, -0.1) is 6.42 Å². The van der Waals surface area contributed by atoms with Crippen LogP contribution < -0.4 is 16.4 Å². The van der Waals surface area contributed by atoms with Crippen LogP contribution in [0.25, 0.3) is 0 Å². The molecule has 0 atom stereocenters. The molecule has 1 fully saturated rings. The lowest BCUT2D eigenvalue weighted by Crippen LogP contribution is -2.26. The summed E-state index contributed by atoms with van der Waals surface area (Å²) in [5.41, 5.74) is 5.70. The van der Waals surface area contributed by atoms with Crippen LogP contribution in [0.3, 0.4) is 0 Å². The summed E-state index contributed by atoms with van der Waals surface area (Å²) in [6.07, 6.45) is 8.62. The molecule has 1 amide bonds. The lowest BCUT2D eigenvalue weighted by atomic mass is 9.93. The Kier molecular flexibility index (Phi) is 3.49. The molecule has 6 heteroatoms. The molecule has 1 aromatic rings. The van der Waals surface area contributed by atoms with Crippen molar-refractivity contribution in [1.29, 1.82) is 0 Å². The third-order valence-corrected chi connectivity index (χ3v) is 3.64. The molecule has 17 heavy (non-hydrogen) atoms. The molecule has 0 aromatic carbocycles.